The summed E-state index contributed by atoms with van der Waals surface area (Å²) in [4.78, 5) is 30.0. The van der Waals surface area contributed by atoms with E-state index in [0.717, 1.165) is 0 Å². The smallest absolute Gasteiger partial charge is 0.272 e. The first kappa shape index (κ1) is 20.4. The minimum Gasteiger partial charge on any atom is -0.486 e. The summed E-state index contributed by atoms with van der Waals surface area (Å²) in [6, 6.07) is 10.3. The van der Waals surface area contributed by atoms with Gasteiger partial charge in [0.05, 0.1) is 5.02 Å². The van der Waals surface area contributed by atoms with E-state index in [9.17, 15) is 9.59 Å². The van der Waals surface area contributed by atoms with E-state index in [-0.39, 0.29) is 29.1 Å². The van der Waals surface area contributed by atoms with Gasteiger partial charge in [-0.2, -0.15) is 0 Å². The molecule has 7 nitrogen and oxygen atoms in total. The summed E-state index contributed by atoms with van der Waals surface area (Å²) < 4.78 is 11.0. The highest BCUT2D eigenvalue weighted by atomic mass is 35.5. The van der Waals surface area contributed by atoms with Crippen molar-refractivity contribution in [1.82, 2.24) is 9.88 Å². The second-order valence-corrected chi connectivity index (χ2v) is 7.54. The van der Waals surface area contributed by atoms with E-state index in [1.165, 1.54) is 4.90 Å². The van der Waals surface area contributed by atoms with Gasteiger partial charge in [-0.1, -0.05) is 23.2 Å². The number of halogens is 2. The Morgan fingerprint density at radius 1 is 1.10 bits per heavy atom. The number of carbonyl (C=O) groups excluding carboxylic acids is 2. The highest BCUT2D eigenvalue weighted by Gasteiger charge is 2.23. The lowest BCUT2D eigenvalue weighted by atomic mass is 10.2. The van der Waals surface area contributed by atoms with E-state index >= 15 is 0 Å². The molecule has 2 aromatic carbocycles. The van der Waals surface area contributed by atoms with Crippen LogP contribution in [0.4, 0.5) is 5.69 Å². The molecule has 0 radical (unpaired) electrons. The maximum atomic E-state index is 13.0. The van der Waals surface area contributed by atoms with Crippen LogP contribution in [0.5, 0.6) is 11.5 Å². The molecule has 0 saturated heterocycles. The van der Waals surface area contributed by atoms with E-state index in [1.54, 1.807) is 43.3 Å². The van der Waals surface area contributed by atoms with Crippen molar-refractivity contribution < 1.29 is 19.1 Å². The largest absolute Gasteiger partial charge is 0.486 e. The fourth-order valence-electron chi connectivity index (χ4n) is 3.26. The average Bonchev–Trinajstić information content (AvgIpc) is 3.07. The third kappa shape index (κ3) is 4.04. The lowest BCUT2D eigenvalue weighted by molar-refractivity contribution is -0.116. The van der Waals surface area contributed by atoms with Gasteiger partial charge < -0.3 is 24.7 Å². The Balaban J connectivity index is 1.48. The van der Waals surface area contributed by atoms with E-state index in [1.807, 2.05) is 0 Å². The summed E-state index contributed by atoms with van der Waals surface area (Å²) >= 11 is 12.4. The molecular formula is C21H19Cl2N3O4. The van der Waals surface area contributed by atoms with Crippen LogP contribution < -0.4 is 14.8 Å². The molecule has 0 atom stereocenters. The number of nitrogens with one attached hydrogen (secondary N) is 2. The molecule has 1 aliphatic heterocycles. The summed E-state index contributed by atoms with van der Waals surface area (Å²) in [5, 5.41) is 4.24. The first-order valence-electron chi connectivity index (χ1n) is 9.41. The van der Waals surface area contributed by atoms with Gasteiger partial charge in [0, 0.05) is 34.2 Å². The van der Waals surface area contributed by atoms with E-state index in [2.05, 4.69) is 10.3 Å². The molecule has 0 spiro atoms. The minimum atomic E-state index is -0.368. The fraction of sp³-hybridized carbons (Fsp3) is 0.238. The molecule has 1 aromatic heterocycles. The normalized spacial score (nSPS) is 12.6. The molecule has 3 aromatic rings. The molecule has 2 heterocycles. The van der Waals surface area contributed by atoms with Crippen molar-refractivity contribution in [2.45, 2.75) is 6.92 Å². The van der Waals surface area contributed by atoms with Crippen LogP contribution in [-0.2, 0) is 4.79 Å². The topological polar surface area (TPSA) is 83.7 Å². The zero-order valence-electron chi connectivity index (χ0n) is 16.1. The number of likely N-dealkylation sites (N-methyl/N-ethyl adjacent to an activating group) is 1. The van der Waals surface area contributed by atoms with E-state index in [4.69, 9.17) is 32.7 Å². The zero-order chi connectivity index (χ0) is 21.3. The molecule has 1 aliphatic rings. The van der Waals surface area contributed by atoms with Gasteiger partial charge in [0.1, 0.15) is 25.5 Å². The molecule has 0 aliphatic carbocycles. The maximum Gasteiger partial charge on any atom is 0.272 e. The average molecular weight is 448 g/mol. The van der Waals surface area contributed by atoms with Gasteiger partial charge >= 0.3 is 0 Å². The predicted molar refractivity (Wildman–Crippen MR) is 116 cm³/mol. The van der Waals surface area contributed by atoms with E-state index in [0.29, 0.717) is 52.9 Å². The van der Waals surface area contributed by atoms with Crippen molar-refractivity contribution in [3.8, 4) is 11.5 Å². The van der Waals surface area contributed by atoms with E-state index < -0.39 is 0 Å². The van der Waals surface area contributed by atoms with Crippen LogP contribution in [0.25, 0.3) is 10.9 Å². The van der Waals surface area contributed by atoms with Crippen LogP contribution in [-0.4, -0.2) is 48.0 Å². The van der Waals surface area contributed by atoms with Gasteiger partial charge in [0.25, 0.3) is 5.91 Å². The molecule has 2 amide bonds. The number of benzene rings is 2. The molecule has 4 rings (SSSR count). The molecule has 156 valence electrons. The summed E-state index contributed by atoms with van der Waals surface area (Å²) in [5.41, 5.74) is 1.48. The summed E-state index contributed by atoms with van der Waals surface area (Å²) in [5.74, 6) is 0.508. The fourth-order valence-corrected chi connectivity index (χ4v) is 3.72. The van der Waals surface area contributed by atoms with Crippen molar-refractivity contribution in [3.63, 3.8) is 0 Å². The number of hydrogen-bond donors (Lipinski definition) is 2. The molecular weight excluding hydrogens is 429 g/mol. The second kappa shape index (κ2) is 8.45. The second-order valence-electron chi connectivity index (χ2n) is 6.73. The summed E-state index contributed by atoms with van der Waals surface area (Å²) in [6.07, 6.45) is 0. The summed E-state index contributed by atoms with van der Waals surface area (Å²) in [7, 11) is 0. The molecule has 0 bridgehead atoms. The van der Waals surface area contributed by atoms with Crippen LogP contribution in [0.2, 0.25) is 10.0 Å². The van der Waals surface area contributed by atoms with Gasteiger partial charge in [-0.25, -0.2) is 0 Å². The maximum absolute atomic E-state index is 13.0. The Morgan fingerprint density at radius 3 is 2.63 bits per heavy atom. The van der Waals surface area contributed by atoms with Crippen molar-refractivity contribution in [3.05, 3.63) is 52.1 Å². The lowest BCUT2D eigenvalue weighted by Crippen LogP contribution is -2.38. The van der Waals surface area contributed by atoms with Crippen LogP contribution in [0, 0.1) is 0 Å². The number of ether oxygens (including phenoxy) is 2. The Morgan fingerprint density at radius 2 is 1.87 bits per heavy atom. The minimum absolute atomic E-state index is 0.129. The van der Waals surface area contributed by atoms with Crippen LogP contribution in [0.3, 0.4) is 0 Å². The number of aromatic amines is 1. The first-order valence-corrected chi connectivity index (χ1v) is 10.2. The van der Waals surface area contributed by atoms with Crippen molar-refractivity contribution in [2.75, 3.05) is 31.6 Å². The number of rotatable bonds is 5. The standard InChI is InChI=1S/C21H19Cl2N3O4/c1-2-26(21(28)20-19(23)14-9-12(22)3-5-15(14)25-20)11-18(27)24-13-4-6-16-17(10-13)30-8-7-29-16/h3-6,9-10,25H,2,7-8,11H2,1H3,(H,24,27). The number of fused-ring (bicyclic) bond motifs is 2. The molecule has 2 N–H and O–H groups in total. The van der Waals surface area contributed by atoms with Gasteiger partial charge in [-0.05, 0) is 37.3 Å². The number of aromatic nitrogens is 1. The number of nitrogens with zero attached hydrogens (tertiary/aromatic N) is 1. The molecule has 0 fully saturated rings. The Labute approximate surface area is 182 Å². The predicted octanol–water partition coefficient (Wildman–Crippen LogP) is 4.35. The number of carbonyl (C=O) groups is 2. The van der Waals surface area contributed by atoms with Gasteiger partial charge in [0.15, 0.2) is 11.5 Å². The van der Waals surface area contributed by atoms with Crippen LogP contribution in [0.1, 0.15) is 17.4 Å². The molecule has 9 heteroatoms. The highest BCUT2D eigenvalue weighted by Crippen LogP contribution is 2.33. The van der Waals surface area contributed by atoms with Gasteiger partial charge in [-0.15, -0.1) is 0 Å². The molecule has 0 unspecified atom stereocenters. The third-order valence-corrected chi connectivity index (χ3v) is 5.37. The first-order chi connectivity index (χ1) is 14.5. The Kier molecular flexibility index (Phi) is 5.74. The highest BCUT2D eigenvalue weighted by molar-refractivity contribution is 6.39. The third-order valence-electron chi connectivity index (χ3n) is 4.74. The monoisotopic (exact) mass is 447 g/mol. The number of hydrogen-bond acceptors (Lipinski definition) is 4. The summed E-state index contributed by atoms with van der Waals surface area (Å²) in [6.45, 7) is 2.95. The zero-order valence-corrected chi connectivity index (χ0v) is 17.6. The quantitative estimate of drug-likeness (QED) is 0.608. The van der Waals surface area contributed by atoms with Crippen molar-refractivity contribution in [2.24, 2.45) is 0 Å². The lowest BCUT2D eigenvalue weighted by Gasteiger charge is -2.21. The molecule has 30 heavy (non-hydrogen) atoms. The number of amides is 2. The number of H-pyrrole nitrogens is 1. The SMILES string of the molecule is CCN(CC(=O)Nc1ccc2c(c1)OCCO2)C(=O)c1[nH]c2ccc(Cl)cc2c1Cl. The molecule has 0 saturated carbocycles. The van der Waals surface area contributed by atoms with Crippen LogP contribution >= 0.6 is 23.2 Å². The Hall–Kier alpha value is -2.90. The van der Waals surface area contributed by atoms with Crippen molar-refractivity contribution in [1.29, 1.82) is 0 Å². The Bertz CT molecular complexity index is 1130. The van der Waals surface area contributed by atoms with Crippen molar-refractivity contribution >= 4 is 51.6 Å². The van der Waals surface area contributed by atoms with Gasteiger partial charge in [-0.3, -0.25) is 9.59 Å². The van der Waals surface area contributed by atoms with Crippen LogP contribution in [0.15, 0.2) is 36.4 Å². The van der Waals surface area contributed by atoms with Gasteiger partial charge in [0.2, 0.25) is 5.91 Å². The number of anilines is 1.